The predicted octanol–water partition coefficient (Wildman–Crippen LogP) is 7.66. The van der Waals surface area contributed by atoms with Crippen LogP contribution in [0.5, 0.6) is 0 Å². The molecule has 0 saturated carbocycles. The number of nitrogens with one attached hydrogen (secondary N) is 1. The molecule has 4 nitrogen and oxygen atoms in total. The predicted molar refractivity (Wildman–Crippen MR) is 172 cm³/mol. The van der Waals surface area contributed by atoms with Gasteiger partial charge in [0.2, 0.25) is 0 Å². The first kappa shape index (κ1) is 30.6. The lowest BCUT2D eigenvalue weighted by molar-refractivity contribution is -0.104. The molecule has 3 N–H and O–H groups in total. The fourth-order valence-electron chi connectivity index (χ4n) is 4.35. The van der Waals surface area contributed by atoms with E-state index in [0.29, 0.717) is 18.4 Å². The van der Waals surface area contributed by atoms with Crippen molar-refractivity contribution < 1.29 is 9.59 Å². The van der Waals surface area contributed by atoms with Crippen LogP contribution in [0.2, 0.25) is 0 Å². The summed E-state index contributed by atoms with van der Waals surface area (Å²) in [7, 11) is 1.91. The van der Waals surface area contributed by atoms with Gasteiger partial charge in [-0.05, 0) is 53.5 Å². The van der Waals surface area contributed by atoms with E-state index in [1.807, 2.05) is 80.7 Å². The highest BCUT2D eigenvalue weighted by molar-refractivity contribution is 8.04. The number of ketones is 1. The van der Waals surface area contributed by atoms with Gasteiger partial charge in [0.1, 0.15) is 0 Å². The molecule has 5 heteroatoms. The zero-order valence-corrected chi connectivity index (χ0v) is 24.5. The number of nitrogens with two attached hydrogens (primary N) is 1. The van der Waals surface area contributed by atoms with Crippen LogP contribution in [0.3, 0.4) is 0 Å². The summed E-state index contributed by atoms with van der Waals surface area (Å²) in [6.45, 7) is 10.9. The number of thioether (sulfide) groups is 1. The molecule has 0 aromatic heterocycles. The summed E-state index contributed by atoms with van der Waals surface area (Å²) in [4.78, 5) is 25.7. The normalized spacial score (nSPS) is 17.7. The summed E-state index contributed by atoms with van der Waals surface area (Å²) in [6.07, 6.45) is 6.44. The van der Waals surface area contributed by atoms with Crippen LogP contribution in [0, 0.1) is 12.3 Å². The molecule has 0 amide bonds. The third-order valence-corrected chi connectivity index (χ3v) is 8.18. The van der Waals surface area contributed by atoms with Crippen LogP contribution in [-0.2, 0) is 4.79 Å². The molecule has 40 heavy (non-hydrogen) atoms. The number of carbonyl (C=O) groups excluding carboxylic acids is 2. The van der Waals surface area contributed by atoms with Crippen LogP contribution in [0.1, 0.15) is 35.3 Å². The Kier molecular flexibility index (Phi) is 11.1. The van der Waals surface area contributed by atoms with E-state index in [-0.39, 0.29) is 22.0 Å². The average molecular weight is 551 g/mol. The number of carbonyl (C=O) groups is 2. The van der Waals surface area contributed by atoms with Gasteiger partial charge >= 0.3 is 0 Å². The third-order valence-electron chi connectivity index (χ3n) is 6.94. The molecule has 0 saturated heterocycles. The fraction of sp³-hybridized carbons (Fsp3) is 0.200. The number of hydrogen-bond acceptors (Lipinski definition) is 5. The molecule has 3 aromatic rings. The van der Waals surface area contributed by atoms with E-state index in [1.165, 1.54) is 5.57 Å². The first-order valence-corrected chi connectivity index (χ1v) is 14.1. The van der Waals surface area contributed by atoms with Gasteiger partial charge in [0.15, 0.2) is 12.1 Å². The Morgan fingerprint density at radius 3 is 2.15 bits per heavy atom. The van der Waals surface area contributed by atoms with Crippen molar-refractivity contribution >= 4 is 35.6 Å². The van der Waals surface area contributed by atoms with Crippen LogP contribution >= 0.6 is 11.8 Å². The van der Waals surface area contributed by atoms with Crippen molar-refractivity contribution in [3.63, 3.8) is 0 Å². The Labute approximate surface area is 242 Å². The lowest BCUT2D eigenvalue weighted by Crippen LogP contribution is -2.28. The van der Waals surface area contributed by atoms with Crippen LogP contribution in [0.25, 0.3) is 6.08 Å². The van der Waals surface area contributed by atoms with E-state index in [9.17, 15) is 9.59 Å². The van der Waals surface area contributed by atoms with Gasteiger partial charge in [-0.3, -0.25) is 9.59 Å². The van der Waals surface area contributed by atoms with Gasteiger partial charge < -0.3 is 11.1 Å². The number of hydrogen-bond donors (Lipinski definition) is 2. The standard InChI is InChI=1S/C28H29NO2S.C7H9N/c1-19-10-8-9-13-24(19)27(31)22(18-30)16-23-14-20(2)28(3,4)25(26(17-29)32-23)15-21-11-6-5-7-12-21;1-8-7-5-3-2-4-6-7/h5-16,18,26H,2,17,29H2,1,3-4H3;2-6,8H,1H3/b22-16-,25-15+;. The summed E-state index contributed by atoms with van der Waals surface area (Å²) in [5.41, 5.74) is 11.7. The Morgan fingerprint density at radius 2 is 1.60 bits per heavy atom. The molecule has 1 atom stereocenters. The molecule has 1 heterocycles. The van der Waals surface area contributed by atoms with Gasteiger partial charge in [-0.25, -0.2) is 0 Å². The monoisotopic (exact) mass is 550 g/mol. The van der Waals surface area contributed by atoms with Crippen molar-refractivity contribution in [2.75, 3.05) is 18.9 Å². The topological polar surface area (TPSA) is 72.2 Å². The molecule has 0 bridgehead atoms. The molecule has 4 rings (SSSR count). The van der Waals surface area contributed by atoms with Gasteiger partial charge in [-0.15, -0.1) is 11.8 Å². The highest BCUT2D eigenvalue weighted by Crippen LogP contribution is 2.47. The molecule has 0 aliphatic carbocycles. The molecule has 0 spiro atoms. The number of benzene rings is 3. The lowest BCUT2D eigenvalue weighted by atomic mass is 9.75. The van der Waals surface area contributed by atoms with Crippen LogP contribution in [-0.4, -0.2) is 30.9 Å². The minimum absolute atomic E-state index is 0.0200. The van der Waals surface area contributed by atoms with Crippen molar-refractivity contribution in [1.82, 2.24) is 0 Å². The van der Waals surface area contributed by atoms with Gasteiger partial charge in [0.25, 0.3) is 0 Å². The summed E-state index contributed by atoms with van der Waals surface area (Å²) in [5, 5.41) is 3.01. The van der Waals surface area contributed by atoms with Crippen LogP contribution < -0.4 is 11.1 Å². The van der Waals surface area contributed by atoms with Crippen LogP contribution in [0.15, 0.2) is 125 Å². The quantitative estimate of drug-likeness (QED) is 0.104. The van der Waals surface area contributed by atoms with Crippen LogP contribution in [0.4, 0.5) is 5.69 Å². The van der Waals surface area contributed by atoms with E-state index in [0.717, 1.165) is 27.3 Å². The molecule has 1 unspecified atom stereocenters. The van der Waals surface area contributed by atoms with Crippen molar-refractivity contribution in [2.45, 2.75) is 26.0 Å². The first-order chi connectivity index (χ1) is 19.2. The van der Waals surface area contributed by atoms with Crippen molar-refractivity contribution in [3.8, 4) is 0 Å². The van der Waals surface area contributed by atoms with E-state index in [1.54, 1.807) is 30.0 Å². The smallest absolute Gasteiger partial charge is 0.196 e. The number of allylic oxidation sites excluding steroid dienone is 4. The zero-order valence-electron chi connectivity index (χ0n) is 23.7. The van der Waals surface area contributed by atoms with E-state index in [4.69, 9.17) is 5.73 Å². The SMILES string of the molecule is C=C1C=C(/C=C(/C=O)C(=O)c2ccccc2C)SC(CN)/C(=C\c2ccccc2)C1(C)C.CNc1ccccc1. The molecular weight excluding hydrogens is 512 g/mol. The average Bonchev–Trinajstić information content (AvgIpc) is 3.06. The van der Waals surface area contributed by atoms with Gasteiger partial charge in [0, 0.05) is 40.4 Å². The van der Waals surface area contributed by atoms with E-state index >= 15 is 0 Å². The summed E-state index contributed by atoms with van der Waals surface area (Å²) < 4.78 is 0. The summed E-state index contributed by atoms with van der Waals surface area (Å²) >= 11 is 1.57. The molecule has 206 valence electrons. The molecule has 1 aliphatic heterocycles. The highest BCUT2D eigenvalue weighted by atomic mass is 32.2. The second-order valence-electron chi connectivity index (χ2n) is 10.0. The molecule has 1 aliphatic rings. The van der Waals surface area contributed by atoms with Gasteiger partial charge in [-0.2, -0.15) is 0 Å². The number of aldehydes is 1. The second kappa shape index (κ2) is 14.5. The number of para-hydroxylation sites is 1. The number of aryl methyl sites for hydroxylation is 1. The second-order valence-corrected chi connectivity index (χ2v) is 11.3. The molecule has 0 radical (unpaired) electrons. The Hall–Kier alpha value is -3.93. The number of anilines is 1. The van der Waals surface area contributed by atoms with Crippen molar-refractivity contribution in [2.24, 2.45) is 11.1 Å². The summed E-state index contributed by atoms with van der Waals surface area (Å²) in [6, 6.07) is 27.5. The first-order valence-electron chi connectivity index (χ1n) is 13.3. The van der Waals surface area contributed by atoms with Crippen molar-refractivity contribution in [3.05, 3.63) is 142 Å². The Morgan fingerprint density at radius 1 is 1.00 bits per heavy atom. The zero-order chi connectivity index (χ0) is 29.1. The summed E-state index contributed by atoms with van der Waals surface area (Å²) in [5.74, 6) is -0.280. The maximum atomic E-state index is 13.0. The highest BCUT2D eigenvalue weighted by Gasteiger charge is 2.34. The lowest BCUT2D eigenvalue weighted by Gasteiger charge is -2.32. The maximum Gasteiger partial charge on any atom is 0.196 e. The van der Waals surface area contributed by atoms with Crippen molar-refractivity contribution in [1.29, 1.82) is 0 Å². The van der Waals surface area contributed by atoms with E-state index in [2.05, 4.69) is 44.0 Å². The number of rotatable bonds is 7. The molecular formula is C35H38N2O2S. The number of Topliss-reactive ketones (excluding diaryl/α,β-unsaturated/α-hetero) is 1. The molecule has 0 fully saturated rings. The Balaban J connectivity index is 0.000000472. The van der Waals surface area contributed by atoms with E-state index < -0.39 is 0 Å². The van der Waals surface area contributed by atoms with Gasteiger partial charge in [-0.1, -0.05) is 99.3 Å². The fourth-order valence-corrected chi connectivity index (χ4v) is 5.67. The molecule has 3 aromatic carbocycles. The van der Waals surface area contributed by atoms with Gasteiger partial charge in [0.05, 0.1) is 5.57 Å². The Bertz CT molecular complexity index is 1420. The third kappa shape index (κ3) is 7.81. The largest absolute Gasteiger partial charge is 0.388 e. The maximum absolute atomic E-state index is 13.0. The minimum Gasteiger partial charge on any atom is -0.388 e. The minimum atomic E-state index is -0.330.